The molecule has 35 heavy (non-hydrogen) atoms. The first-order chi connectivity index (χ1) is 17.2. The fourth-order valence-electron chi connectivity index (χ4n) is 4.84. The maximum Gasteiger partial charge on any atom is 0.221 e. The Hall–Kier alpha value is -3.55. The molecular formula is C28H31N5O2. The van der Waals surface area contributed by atoms with Crippen LogP contribution in [0.4, 0.5) is 5.69 Å². The van der Waals surface area contributed by atoms with Crippen LogP contribution >= 0.6 is 0 Å². The lowest BCUT2D eigenvalue weighted by Crippen LogP contribution is -2.41. The molecule has 1 fully saturated rings. The van der Waals surface area contributed by atoms with Crippen LogP contribution in [0.2, 0.25) is 0 Å². The van der Waals surface area contributed by atoms with Crippen LogP contribution in [-0.4, -0.2) is 40.1 Å². The van der Waals surface area contributed by atoms with Crippen LogP contribution in [0.1, 0.15) is 36.1 Å². The van der Waals surface area contributed by atoms with E-state index in [1.807, 2.05) is 29.1 Å². The molecule has 0 bridgehead atoms. The van der Waals surface area contributed by atoms with Crippen molar-refractivity contribution in [2.24, 2.45) is 0 Å². The molecule has 7 heteroatoms. The second-order valence-electron chi connectivity index (χ2n) is 9.14. The molecule has 180 valence electrons. The minimum absolute atomic E-state index is 0.0514. The van der Waals surface area contributed by atoms with Crippen molar-refractivity contribution in [1.29, 1.82) is 0 Å². The molecule has 1 saturated heterocycles. The first-order valence-corrected chi connectivity index (χ1v) is 12.2. The molecule has 4 aromatic rings. The Kier molecular flexibility index (Phi) is 7.16. The summed E-state index contributed by atoms with van der Waals surface area (Å²) in [5.74, 6) is 0.166. The largest absolute Gasteiger partial charge is 0.372 e. The van der Waals surface area contributed by atoms with Gasteiger partial charge in [-0.1, -0.05) is 53.7 Å². The number of piperidine rings is 1. The summed E-state index contributed by atoms with van der Waals surface area (Å²) in [7, 11) is 0. The summed E-state index contributed by atoms with van der Waals surface area (Å²) in [5.41, 5.74) is 4.26. The molecule has 0 saturated carbocycles. The highest BCUT2D eigenvalue weighted by molar-refractivity contribution is 5.88. The van der Waals surface area contributed by atoms with Crippen molar-refractivity contribution >= 4 is 22.4 Å². The minimum Gasteiger partial charge on any atom is -0.372 e. The van der Waals surface area contributed by atoms with Crippen LogP contribution in [0.3, 0.4) is 0 Å². The highest BCUT2D eigenvalue weighted by atomic mass is 16.5. The average Bonchev–Trinajstić information content (AvgIpc) is 3.34. The van der Waals surface area contributed by atoms with Crippen molar-refractivity contribution in [3.05, 3.63) is 89.7 Å². The van der Waals surface area contributed by atoms with Crippen LogP contribution < -0.4 is 10.6 Å². The number of nitrogens with one attached hydrogen (secondary N) is 2. The van der Waals surface area contributed by atoms with E-state index in [1.54, 1.807) is 0 Å². The Morgan fingerprint density at radius 3 is 2.86 bits per heavy atom. The number of aryl methyl sites for hydroxylation is 2. The zero-order valence-electron chi connectivity index (χ0n) is 20.0. The monoisotopic (exact) mass is 469 g/mol. The Balaban J connectivity index is 1.25. The molecule has 0 spiro atoms. The van der Waals surface area contributed by atoms with Gasteiger partial charge in [-0.3, -0.25) is 4.79 Å². The lowest BCUT2D eigenvalue weighted by atomic mass is 9.91. The number of nitrogens with zero attached hydrogens (tertiary/aromatic N) is 3. The van der Waals surface area contributed by atoms with Gasteiger partial charge in [0, 0.05) is 31.6 Å². The van der Waals surface area contributed by atoms with Gasteiger partial charge in [-0.15, -0.1) is 5.10 Å². The Morgan fingerprint density at radius 2 is 1.97 bits per heavy atom. The number of carbonyl (C=O) groups excluding carboxylic acids is 1. The summed E-state index contributed by atoms with van der Waals surface area (Å²) < 4.78 is 8.46. The molecule has 1 aromatic heterocycles. The lowest BCUT2D eigenvalue weighted by Gasteiger charge is -2.32. The Morgan fingerprint density at radius 1 is 1.09 bits per heavy atom. The molecule has 5 rings (SSSR count). The number of anilines is 1. The maximum atomic E-state index is 11.4. The summed E-state index contributed by atoms with van der Waals surface area (Å²) in [6, 6.07) is 22.9. The number of rotatable bonds is 8. The van der Waals surface area contributed by atoms with Crippen molar-refractivity contribution in [2.75, 3.05) is 18.4 Å². The van der Waals surface area contributed by atoms with E-state index in [1.165, 1.54) is 23.3 Å². The summed E-state index contributed by atoms with van der Waals surface area (Å²) in [5, 5.41) is 17.4. The van der Waals surface area contributed by atoms with Gasteiger partial charge in [0.1, 0.15) is 0 Å². The summed E-state index contributed by atoms with van der Waals surface area (Å²) >= 11 is 0. The fraction of sp³-hybridized carbons (Fsp3) is 0.321. The van der Waals surface area contributed by atoms with E-state index in [9.17, 15) is 4.79 Å². The second-order valence-corrected chi connectivity index (χ2v) is 9.14. The molecule has 1 aliphatic heterocycles. The number of hydrogen-bond donors (Lipinski definition) is 2. The van der Waals surface area contributed by atoms with E-state index in [0.29, 0.717) is 6.61 Å². The first kappa shape index (κ1) is 23.2. The van der Waals surface area contributed by atoms with Gasteiger partial charge in [-0.05, 0) is 59.5 Å². The highest BCUT2D eigenvalue weighted by Gasteiger charge is 2.30. The number of aromatic nitrogens is 3. The van der Waals surface area contributed by atoms with E-state index in [-0.39, 0.29) is 17.9 Å². The molecule has 0 aliphatic carbocycles. The standard InChI is InChI=1S/C28H31N5O2/c1-20(34)31-25-8-4-5-21(16-25)12-14-33-27(17-30-32-33)26-11-13-29-18-28(26)35-19-22-9-10-23-6-2-3-7-24(23)15-22/h2-10,15-17,26,28-29H,11-14,18-19H2,1H3,(H,31,34). The van der Waals surface area contributed by atoms with Gasteiger partial charge in [0.2, 0.25) is 5.91 Å². The molecular weight excluding hydrogens is 438 g/mol. The predicted octanol–water partition coefficient (Wildman–Crippen LogP) is 4.29. The second kappa shape index (κ2) is 10.8. The number of amides is 1. The number of fused-ring (bicyclic) bond motifs is 1. The van der Waals surface area contributed by atoms with Crippen LogP contribution in [0, 0.1) is 0 Å². The molecule has 1 amide bonds. The van der Waals surface area contributed by atoms with Crippen molar-refractivity contribution in [3.63, 3.8) is 0 Å². The minimum atomic E-state index is -0.0682. The topological polar surface area (TPSA) is 81.1 Å². The van der Waals surface area contributed by atoms with Crippen molar-refractivity contribution in [3.8, 4) is 0 Å². The van der Waals surface area contributed by atoms with E-state index >= 15 is 0 Å². The summed E-state index contributed by atoms with van der Waals surface area (Å²) in [6.45, 7) is 4.57. The Bertz CT molecular complexity index is 1300. The molecule has 2 atom stereocenters. The molecule has 2 unspecified atom stereocenters. The van der Waals surface area contributed by atoms with Gasteiger partial charge in [0.05, 0.1) is 24.6 Å². The van der Waals surface area contributed by atoms with Crippen LogP contribution in [0.15, 0.2) is 72.9 Å². The van der Waals surface area contributed by atoms with Crippen LogP contribution in [0.25, 0.3) is 10.8 Å². The van der Waals surface area contributed by atoms with Gasteiger partial charge in [0.25, 0.3) is 0 Å². The van der Waals surface area contributed by atoms with Gasteiger partial charge >= 0.3 is 0 Å². The van der Waals surface area contributed by atoms with Crippen molar-refractivity contribution in [2.45, 2.75) is 44.9 Å². The van der Waals surface area contributed by atoms with Crippen molar-refractivity contribution < 1.29 is 9.53 Å². The zero-order valence-corrected chi connectivity index (χ0v) is 20.0. The van der Waals surface area contributed by atoms with Gasteiger partial charge < -0.3 is 15.4 Å². The molecule has 1 aliphatic rings. The number of carbonyl (C=O) groups is 1. The normalized spacial score (nSPS) is 18.0. The van der Waals surface area contributed by atoms with Gasteiger partial charge in [-0.2, -0.15) is 0 Å². The van der Waals surface area contributed by atoms with Gasteiger partial charge in [0.15, 0.2) is 0 Å². The van der Waals surface area contributed by atoms with E-state index in [2.05, 4.69) is 69.5 Å². The smallest absolute Gasteiger partial charge is 0.221 e. The number of hydrogen-bond acceptors (Lipinski definition) is 5. The SMILES string of the molecule is CC(=O)Nc1cccc(CCn2nncc2C2CCNCC2OCc2ccc3ccccc3c2)c1. The molecule has 2 N–H and O–H groups in total. The van der Waals surface area contributed by atoms with Crippen molar-refractivity contribution in [1.82, 2.24) is 20.3 Å². The zero-order chi connectivity index (χ0) is 24.0. The van der Waals surface area contributed by atoms with Crippen LogP contribution in [0.5, 0.6) is 0 Å². The molecule has 0 radical (unpaired) electrons. The number of ether oxygens (including phenoxy) is 1. The predicted molar refractivity (Wildman–Crippen MR) is 137 cm³/mol. The third kappa shape index (κ3) is 5.75. The quantitative estimate of drug-likeness (QED) is 0.402. The summed E-state index contributed by atoms with van der Waals surface area (Å²) in [6.07, 6.45) is 3.72. The summed E-state index contributed by atoms with van der Waals surface area (Å²) in [4.78, 5) is 11.4. The molecule has 3 aromatic carbocycles. The molecule has 2 heterocycles. The van der Waals surface area contributed by atoms with Crippen LogP contribution in [-0.2, 0) is 29.1 Å². The lowest BCUT2D eigenvalue weighted by molar-refractivity contribution is -0.114. The highest BCUT2D eigenvalue weighted by Crippen LogP contribution is 2.28. The fourth-order valence-corrected chi connectivity index (χ4v) is 4.84. The number of benzene rings is 3. The van der Waals surface area contributed by atoms with Gasteiger partial charge in [-0.25, -0.2) is 4.68 Å². The third-order valence-corrected chi connectivity index (χ3v) is 6.59. The average molecular weight is 470 g/mol. The third-order valence-electron chi connectivity index (χ3n) is 6.59. The Labute approximate surface area is 205 Å². The first-order valence-electron chi connectivity index (χ1n) is 12.2. The molecule has 7 nitrogen and oxygen atoms in total. The maximum absolute atomic E-state index is 11.4. The van der Waals surface area contributed by atoms with E-state index in [4.69, 9.17) is 4.74 Å². The van der Waals surface area contributed by atoms with E-state index in [0.717, 1.165) is 49.4 Å². The van der Waals surface area contributed by atoms with E-state index < -0.39 is 0 Å².